The molecule has 176 valence electrons. The van der Waals surface area contributed by atoms with Gasteiger partial charge in [0.25, 0.3) is 0 Å². The lowest BCUT2D eigenvalue weighted by Gasteiger charge is -2.28. The van der Waals surface area contributed by atoms with Crippen molar-refractivity contribution in [2.24, 2.45) is 0 Å². The predicted molar refractivity (Wildman–Crippen MR) is 129 cm³/mol. The lowest BCUT2D eigenvalue weighted by atomic mass is 10.2. The third-order valence-electron chi connectivity index (χ3n) is 5.83. The molecule has 0 bridgehead atoms. The van der Waals surface area contributed by atoms with E-state index in [4.69, 9.17) is 9.15 Å². The highest BCUT2D eigenvalue weighted by Crippen LogP contribution is 2.33. The topological polar surface area (TPSA) is 93.0 Å². The van der Waals surface area contributed by atoms with Gasteiger partial charge in [-0.1, -0.05) is 23.5 Å². The fourth-order valence-corrected chi connectivity index (χ4v) is 6.73. The standard InChI is InChI=1S/C24H23N3O5S2/c1-31-17-10-12-19(13-11-17)34(29,30)27-14-4-8-21(27)23(28)26(16-18-6-5-15-32-18)24-25-20-7-2-3-9-22(20)33-24/h2-3,5-7,9-13,15,21H,4,8,14,16H2,1H3/t21-/m1/s1. The molecule has 1 amide bonds. The number of methoxy groups -OCH3 is 1. The molecule has 3 heterocycles. The van der Waals surface area contributed by atoms with Crippen molar-refractivity contribution in [2.75, 3.05) is 18.6 Å². The summed E-state index contributed by atoms with van der Waals surface area (Å²) < 4.78 is 39.8. The maximum Gasteiger partial charge on any atom is 0.247 e. The van der Waals surface area contributed by atoms with Gasteiger partial charge in [-0.05, 0) is 61.4 Å². The molecule has 1 aliphatic rings. The van der Waals surface area contributed by atoms with Gasteiger partial charge in [-0.25, -0.2) is 13.4 Å². The minimum Gasteiger partial charge on any atom is -0.497 e. The van der Waals surface area contributed by atoms with Crippen LogP contribution in [0.15, 0.2) is 76.2 Å². The Hall–Kier alpha value is -3.21. The zero-order valence-electron chi connectivity index (χ0n) is 18.5. The molecule has 0 aliphatic carbocycles. The second-order valence-corrected chi connectivity index (χ2v) is 10.8. The van der Waals surface area contributed by atoms with Crippen LogP contribution in [0.5, 0.6) is 5.75 Å². The van der Waals surface area contributed by atoms with Gasteiger partial charge in [-0.3, -0.25) is 9.69 Å². The van der Waals surface area contributed by atoms with E-state index in [1.165, 1.54) is 39.8 Å². The van der Waals surface area contributed by atoms with E-state index in [-0.39, 0.29) is 23.9 Å². The number of anilines is 1. The molecule has 0 radical (unpaired) electrons. The van der Waals surface area contributed by atoms with E-state index in [2.05, 4.69) is 4.98 Å². The van der Waals surface area contributed by atoms with Crippen LogP contribution >= 0.6 is 11.3 Å². The van der Waals surface area contributed by atoms with Gasteiger partial charge in [-0.2, -0.15) is 4.31 Å². The fraction of sp³-hybridized carbons (Fsp3) is 0.250. The molecule has 2 aromatic carbocycles. The van der Waals surface area contributed by atoms with Crippen LogP contribution < -0.4 is 9.64 Å². The fourth-order valence-electron chi connectivity index (χ4n) is 4.11. The molecule has 2 aromatic heterocycles. The quantitative estimate of drug-likeness (QED) is 0.378. The summed E-state index contributed by atoms with van der Waals surface area (Å²) in [6, 6.07) is 16.6. The number of hydrogen-bond donors (Lipinski definition) is 0. The van der Waals surface area contributed by atoms with Crippen LogP contribution in [-0.2, 0) is 21.4 Å². The molecule has 0 unspecified atom stereocenters. The average molecular weight is 498 g/mol. The number of furan rings is 1. The van der Waals surface area contributed by atoms with Crippen LogP contribution in [0.4, 0.5) is 5.13 Å². The monoisotopic (exact) mass is 497 g/mol. The smallest absolute Gasteiger partial charge is 0.247 e. The SMILES string of the molecule is COc1ccc(S(=O)(=O)N2CCC[C@@H]2C(=O)N(Cc2ccco2)c2nc3ccccc3s2)cc1. The number of thiazole rings is 1. The van der Waals surface area contributed by atoms with Crippen molar-refractivity contribution in [3.05, 3.63) is 72.7 Å². The molecular weight excluding hydrogens is 474 g/mol. The summed E-state index contributed by atoms with van der Waals surface area (Å²) in [6.07, 6.45) is 2.58. The summed E-state index contributed by atoms with van der Waals surface area (Å²) in [4.78, 5) is 20.2. The highest BCUT2D eigenvalue weighted by atomic mass is 32.2. The van der Waals surface area contributed by atoms with Gasteiger partial charge in [0.05, 0.1) is 35.0 Å². The summed E-state index contributed by atoms with van der Waals surface area (Å²) in [5.74, 6) is 0.841. The van der Waals surface area contributed by atoms with E-state index < -0.39 is 16.1 Å². The van der Waals surface area contributed by atoms with Crippen molar-refractivity contribution < 1.29 is 22.4 Å². The number of ether oxygens (including phenoxy) is 1. The summed E-state index contributed by atoms with van der Waals surface area (Å²) in [5.41, 5.74) is 0.786. The van der Waals surface area contributed by atoms with Crippen molar-refractivity contribution in [2.45, 2.75) is 30.3 Å². The van der Waals surface area contributed by atoms with Gasteiger partial charge in [0.15, 0.2) is 5.13 Å². The Balaban J connectivity index is 1.49. The van der Waals surface area contributed by atoms with Gasteiger partial charge in [0.1, 0.15) is 17.6 Å². The second-order valence-electron chi connectivity index (χ2n) is 7.92. The van der Waals surface area contributed by atoms with E-state index in [1.54, 1.807) is 30.5 Å². The van der Waals surface area contributed by atoms with Gasteiger partial charge in [0, 0.05) is 6.54 Å². The molecule has 5 rings (SSSR count). The van der Waals surface area contributed by atoms with E-state index in [1.807, 2.05) is 24.3 Å². The van der Waals surface area contributed by atoms with Crippen molar-refractivity contribution in [1.82, 2.24) is 9.29 Å². The number of nitrogens with zero attached hydrogens (tertiary/aromatic N) is 3. The van der Waals surface area contributed by atoms with Crippen LogP contribution in [0.3, 0.4) is 0 Å². The molecule has 1 atom stereocenters. The Morgan fingerprint density at radius 3 is 2.68 bits per heavy atom. The maximum atomic E-state index is 13.9. The first-order valence-corrected chi connectivity index (χ1v) is 13.1. The maximum absolute atomic E-state index is 13.9. The molecule has 4 aromatic rings. The summed E-state index contributed by atoms with van der Waals surface area (Å²) in [5, 5.41) is 0.510. The minimum atomic E-state index is -3.87. The summed E-state index contributed by atoms with van der Waals surface area (Å²) in [7, 11) is -2.35. The molecule has 1 saturated heterocycles. The Morgan fingerprint density at radius 1 is 1.18 bits per heavy atom. The van der Waals surface area contributed by atoms with Crippen molar-refractivity contribution in [3.8, 4) is 5.75 Å². The molecule has 0 spiro atoms. The Bertz CT molecular complexity index is 1370. The number of fused-ring (bicyclic) bond motifs is 1. The van der Waals surface area contributed by atoms with E-state index in [0.29, 0.717) is 29.5 Å². The van der Waals surface area contributed by atoms with Crippen molar-refractivity contribution in [3.63, 3.8) is 0 Å². The van der Waals surface area contributed by atoms with Crippen LogP contribution in [0.25, 0.3) is 10.2 Å². The largest absolute Gasteiger partial charge is 0.497 e. The van der Waals surface area contributed by atoms with Gasteiger partial charge in [0.2, 0.25) is 15.9 Å². The number of carbonyl (C=O) groups is 1. The molecule has 8 nitrogen and oxygen atoms in total. The number of rotatable bonds is 7. The van der Waals surface area contributed by atoms with Gasteiger partial charge in [-0.15, -0.1) is 0 Å². The van der Waals surface area contributed by atoms with E-state index in [9.17, 15) is 13.2 Å². The molecule has 1 aliphatic heterocycles. The van der Waals surface area contributed by atoms with Crippen molar-refractivity contribution >= 4 is 42.6 Å². The Kier molecular flexibility index (Phi) is 6.11. The van der Waals surface area contributed by atoms with E-state index in [0.717, 1.165) is 10.2 Å². The Labute approximate surface area is 201 Å². The molecule has 1 fully saturated rings. The van der Waals surface area contributed by atoms with Crippen LogP contribution in [0.1, 0.15) is 18.6 Å². The molecule has 0 saturated carbocycles. The molecule has 10 heteroatoms. The van der Waals surface area contributed by atoms with Crippen LogP contribution in [0.2, 0.25) is 0 Å². The predicted octanol–water partition coefficient (Wildman–Crippen LogP) is 4.28. The van der Waals surface area contributed by atoms with Crippen LogP contribution in [0, 0.1) is 0 Å². The molecule has 34 heavy (non-hydrogen) atoms. The molecule has 0 N–H and O–H groups in total. The first-order chi connectivity index (χ1) is 16.5. The third-order valence-corrected chi connectivity index (χ3v) is 8.81. The van der Waals surface area contributed by atoms with Gasteiger partial charge >= 0.3 is 0 Å². The number of para-hydroxylation sites is 1. The first kappa shape index (κ1) is 22.6. The highest BCUT2D eigenvalue weighted by Gasteiger charge is 2.42. The first-order valence-electron chi connectivity index (χ1n) is 10.8. The second kappa shape index (κ2) is 9.21. The third kappa shape index (κ3) is 4.20. The zero-order valence-corrected chi connectivity index (χ0v) is 20.1. The Morgan fingerprint density at radius 2 is 1.97 bits per heavy atom. The summed E-state index contributed by atoms with van der Waals surface area (Å²) >= 11 is 1.39. The number of hydrogen-bond acceptors (Lipinski definition) is 7. The zero-order chi connectivity index (χ0) is 23.7. The van der Waals surface area contributed by atoms with E-state index >= 15 is 0 Å². The highest BCUT2D eigenvalue weighted by molar-refractivity contribution is 7.89. The average Bonchev–Trinajstić information content (AvgIpc) is 3.62. The number of carbonyl (C=O) groups excluding carboxylic acids is 1. The summed E-state index contributed by atoms with van der Waals surface area (Å²) in [6.45, 7) is 0.442. The molecular formula is C24H23N3O5S2. The number of amides is 1. The number of benzene rings is 2. The van der Waals surface area contributed by atoms with Crippen molar-refractivity contribution in [1.29, 1.82) is 0 Å². The lowest BCUT2D eigenvalue weighted by molar-refractivity contribution is -0.121. The minimum absolute atomic E-state index is 0.130. The normalized spacial score (nSPS) is 16.7. The number of aromatic nitrogens is 1. The number of sulfonamides is 1. The lowest BCUT2D eigenvalue weighted by Crippen LogP contribution is -2.47. The van der Waals surface area contributed by atoms with Gasteiger partial charge < -0.3 is 9.15 Å². The van der Waals surface area contributed by atoms with Crippen LogP contribution in [-0.4, -0.2) is 43.3 Å².